The number of halogens is 1. The standard InChI is InChI=1S/C35H40ClN7O4/c1-21-25(5-4-6-27(21)41-35(46)34-40-28-20-43(15-16-44)14-12-29(28)42(34)2)26-11-13-38-33(32(26)36)22-7-8-23(30(17-22)47-3)18-37-19-24-9-10-31(45)39-24/h4-8,11,13,17,24,37,44H,9-10,12,14-16,18-20H2,1-3H3,(H,39,45)(H,41,46)/t24-/m1/s1. The average Bonchev–Trinajstić information content (AvgIpc) is 3.64. The number of fused-ring (bicyclic) bond motifs is 1. The number of carbonyl (C=O) groups is 2. The summed E-state index contributed by atoms with van der Waals surface area (Å²) in [5.74, 6) is 0.888. The van der Waals surface area contributed by atoms with E-state index in [4.69, 9.17) is 16.3 Å². The normalized spacial score (nSPS) is 16.2. The fraction of sp³-hybridized carbons (Fsp3) is 0.371. The number of aliphatic hydroxyl groups is 1. The lowest BCUT2D eigenvalue weighted by atomic mass is 9.97. The Kier molecular flexibility index (Phi) is 9.88. The molecule has 2 aliphatic rings. The van der Waals surface area contributed by atoms with Crippen LogP contribution in [-0.4, -0.2) is 75.7 Å². The number of pyridine rings is 1. The molecule has 0 aliphatic carbocycles. The highest BCUT2D eigenvalue weighted by molar-refractivity contribution is 6.35. The van der Waals surface area contributed by atoms with E-state index in [9.17, 15) is 14.7 Å². The molecule has 4 N–H and O–H groups in total. The Morgan fingerprint density at radius 1 is 1.19 bits per heavy atom. The molecule has 4 aromatic rings. The molecule has 0 unspecified atom stereocenters. The third-order valence-electron chi connectivity index (χ3n) is 9.07. The summed E-state index contributed by atoms with van der Waals surface area (Å²) in [5, 5.41) is 19.3. The van der Waals surface area contributed by atoms with E-state index in [1.807, 2.05) is 61.0 Å². The largest absolute Gasteiger partial charge is 0.496 e. The maximum atomic E-state index is 13.5. The summed E-state index contributed by atoms with van der Waals surface area (Å²) < 4.78 is 7.59. The molecule has 12 heteroatoms. The molecule has 0 radical (unpaired) electrons. The summed E-state index contributed by atoms with van der Waals surface area (Å²) in [4.78, 5) is 36.4. The summed E-state index contributed by atoms with van der Waals surface area (Å²) in [6.45, 7) is 5.36. The van der Waals surface area contributed by atoms with Crippen LogP contribution >= 0.6 is 11.6 Å². The molecule has 6 rings (SSSR count). The number of hydrogen-bond acceptors (Lipinski definition) is 8. The number of anilines is 1. The SMILES string of the molecule is COc1cc(-c2nccc(-c3cccc(NC(=O)c4nc5c(n4C)CCN(CCO)C5)c3C)c2Cl)ccc1CNC[C@H]1CCC(=O)N1. The van der Waals surface area contributed by atoms with Crippen LogP contribution in [0, 0.1) is 6.92 Å². The Bertz CT molecular complexity index is 1810. The quantitative estimate of drug-likeness (QED) is 0.190. The summed E-state index contributed by atoms with van der Waals surface area (Å²) in [6.07, 6.45) is 3.93. The molecule has 2 aromatic carbocycles. The van der Waals surface area contributed by atoms with Crippen molar-refractivity contribution in [2.75, 3.05) is 38.7 Å². The van der Waals surface area contributed by atoms with Gasteiger partial charge in [-0.2, -0.15) is 0 Å². The third-order valence-corrected chi connectivity index (χ3v) is 9.45. The van der Waals surface area contributed by atoms with Gasteiger partial charge >= 0.3 is 0 Å². The number of aliphatic hydroxyl groups excluding tert-OH is 1. The third kappa shape index (κ3) is 6.89. The molecular weight excluding hydrogens is 618 g/mol. The molecule has 47 heavy (non-hydrogen) atoms. The number of rotatable bonds is 11. The Hall–Kier alpha value is -4.29. The number of carbonyl (C=O) groups excluding carboxylic acids is 2. The van der Waals surface area contributed by atoms with Gasteiger partial charge in [-0.15, -0.1) is 0 Å². The van der Waals surface area contributed by atoms with Crippen molar-refractivity contribution in [2.45, 2.75) is 45.3 Å². The molecule has 246 valence electrons. The van der Waals surface area contributed by atoms with Crippen LogP contribution in [0.3, 0.4) is 0 Å². The van der Waals surface area contributed by atoms with Crippen LogP contribution in [0.5, 0.6) is 5.75 Å². The maximum Gasteiger partial charge on any atom is 0.291 e. The Labute approximate surface area is 279 Å². The molecule has 2 amide bonds. The molecule has 4 heterocycles. The van der Waals surface area contributed by atoms with Gasteiger partial charge in [-0.25, -0.2) is 4.98 Å². The van der Waals surface area contributed by atoms with Gasteiger partial charge in [-0.1, -0.05) is 35.9 Å². The average molecular weight is 658 g/mol. The van der Waals surface area contributed by atoms with Crippen LogP contribution in [0.1, 0.15) is 46.0 Å². The van der Waals surface area contributed by atoms with Gasteiger partial charge in [-0.3, -0.25) is 19.5 Å². The number of β-amino-alcohol motifs (C(OH)–C–C–N with tert-alkyl or cyclic N) is 1. The summed E-state index contributed by atoms with van der Waals surface area (Å²) in [6, 6.07) is 13.7. The zero-order valence-electron chi connectivity index (χ0n) is 26.9. The molecule has 0 bridgehead atoms. The first-order chi connectivity index (χ1) is 22.8. The second-order valence-electron chi connectivity index (χ2n) is 12.1. The van der Waals surface area contributed by atoms with E-state index in [0.29, 0.717) is 60.6 Å². The first kappa shape index (κ1) is 32.6. The molecule has 2 aliphatic heterocycles. The number of amides is 2. The number of nitrogens with one attached hydrogen (secondary N) is 3. The lowest BCUT2D eigenvalue weighted by molar-refractivity contribution is -0.119. The zero-order valence-corrected chi connectivity index (χ0v) is 27.7. The van der Waals surface area contributed by atoms with Crippen molar-refractivity contribution in [3.05, 3.63) is 82.0 Å². The van der Waals surface area contributed by atoms with Gasteiger partial charge in [0.25, 0.3) is 5.91 Å². The lowest BCUT2D eigenvalue weighted by Gasteiger charge is -2.25. The smallest absolute Gasteiger partial charge is 0.291 e. The van der Waals surface area contributed by atoms with Gasteiger partial charge < -0.3 is 30.4 Å². The van der Waals surface area contributed by atoms with Gasteiger partial charge in [-0.05, 0) is 42.7 Å². The van der Waals surface area contributed by atoms with Crippen LogP contribution in [0.25, 0.3) is 22.4 Å². The molecule has 2 aromatic heterocycles. The molecule has 1 atom stereocenters. The van der Waals surface area contributed by atoms with Crippen LogP contribution in [0.4, 0.5) is 5.69 Å². The molecule has 0 saturated carbocycles. The predicted octanol–water partition coefficient (Wildman–Crippen LogP) is 4.09. The van der Waals surface area contributed by atoms with Crippen LogP contribution < -0.4 is 20.7 Å². The first-order valence-corrected chi connectivity index (χ1v) is 16.3. The van der Waals surface area contributed by atoms with Crippen LogP contribution in [0.15, 0.2) is 48.7 Å². The fourth-order valence-corrected chi connectivity index (χ4v) is 6.78. The van der Waals surface area contributed by atoms with Crippen molar-refractivity contribution in [2.24, 2.45) is 7.05 Å². The van der Waals surface area contributed by atoms with Crippen molar-refractivity contribution in [1.29, 1.82) is 0 Å². The van der Waals surface area contributed by atoms with E-state index in [1.54, 1.807) is 13.3 Å². The number of nitrogens with zero attached hydrogens (tertiary/aromatic N) is 4. The van der Waals surface area contributed by atoms with Crippen molar-refractivity contribution in [3.63, 3.8) is 0 Å². The zero-order chi connectivity index (χ0) is 33.1. The first-order valence-electron chi connectivity index (χ1n) is 15.9. The second kappa shape index (κ2) is 14.2. The van der Waals surface area contributed by atoms with Gasteiger partial charge in [0, 0.05) is 92.9 Å². The van der Waals surface area contributed by atoms with Crippen molar-refractivity contribution < 1.29 is 19.4 Å². The number of ether oxygens (including phenoxy) is 1. The summed E-state index contributed by atoms with van der Waals surface area (Å²) in [5.41, 5.74) is 7.56. The Morgan fingerprint density at radius 3 is 2.81 bits per heavy atom. The van der Waals surface area contributed by atoms with E-state index in [1.165, 1.54) is 0 Å². The second-order valence-corrected chi connectivity index (χ2v) is 12.4. The minimum absolute atomic E-state index is 0.0936. The highest BCUT2D eigenvalue weighted by Crippen LogP contribution is 2.39. The molecule has 0 spiro atoms. The van der Waals surface area contributed by atoms with Crippen LogP contribution in [0.2, 0.25) is 5.02 Å². The number of methoxy groups -OCH3 is 1. The highest BCUT2D eigenvalue weighted by atomic mass is 35.5. The maximum absolute atomic E-state index is 13.5. The monoisotopic (exact) mass is 657 g/mol. The number of hydrogen-bond donors (Lipinski definition) is 4. The number of aromatic nitrogens is 3. The van der Waals surface area contributed by atoms with E-state index < -0.39 is 0 Å². The van der Waals surface area contributed by atoms with Gasteiger partial charge in [0.1, 0.15) is 5.75 Å². The van der Waals surface area contributed by atoms with Crippen LogP contribution in [-0.2, 0) is 31.4 Å². The summed E-state index contributed by atoms with van der Waals surface area (Å²) >= 11 is 7.05. The van der Waals surface area contributed by atoms with E-state index in [2.05, 4.69) is 30.8 Å². The lowest BCUT2D eigenvalue weighted by Crippen LogP contribution is -2.35. The van der Waals surface area contributed by atoms with Gasteiger partial charge in [0.2, 0.25) is 5.91 Å². The molecule has 1 saturated heterocycles. The summed E-state index contributed by atoms with van der Waals surface area (Å²) in [7, 11) is 3.51. The molecule has 11 nitrogen and oxygen atoms in total. The Balaban J connectivity index is 1.20. The van der Waals surface area contributed by atoms with Gasteiger partial charge in [0.15, 0.2) is 5.82 Å². The molecular formula is C35H40ClN7O4. The van der Waals surface area contributed by atoms with E-state index in [-0.39, 0.29) is 24.5 Å². The van der Waals surface area contributed by atoms with Gasteiger partial charge in [0.05, 0.1) is 30.1 Å². The highest BCUT2D eigenvalue weighted by Gasteiger charge is 2.26. The predicted molar refractivity (Wildman–Crippen MR) is 182 cm³/mol. The van der Waals surface area contributed by atoms with Crippen molar-refractivity contribution >= 4 is 29.1 Å². The topological polar surface area (TPSA) is 134 Å². The Morgan fingerprint density at radius 2 is 2.04 bits per heavy atom. The minimum atomic E-state index is -0.285. The van der Waals surface area contributed by atoms with E-state index >= 15 is 0 Å². The number of benzene rings is 2. The van der Waals surface area contributed by atoms with E-state index in [0.717, 1.165) is 58.6 Å². The number of imidazole rings is 1. The fourth-order valence-electron chi connectivity index (χ4n) is 6.46. The van der Waals surface area contributed by atoms with Crippen molar-refractivity contribution in [1.82, 2.24) is 30.1 Å². The minimum Gasteiger partial charge on any atom is -0.496 e. The van der Waals surface area contributed by atoms with Crippen molar-refractivity contribution in [3.8, 4) is 28.1 Å². The molecule has 1 fully saturated rings.